The third-order valence-electron chi connectivity index (χ3n) is 5.88. The Bertz CT molecular complexity index is 1340. The molecule has 2 N–H and O–H groups in total. The van der Waals surface area contributed by atoms with Gasteiger partial charge in [-0.1, -0.05) is 24.3 Å². The number of thioether (sulfide) groups is 1. The molecule has 0 unspecified atom stereocenters. The van der Waals surface area contributed by atoms with E-state index < -0.39 is 5.76 Å². The quantitative estimate of drug-likeness (QED) is 0.421. The van der Waals surface area contributed by atoms with E-state index in [0.29, 0.717) is 67.2 Å². The number of anilines is 1. The van der Waals surface area contributed by atoms with Gasteiger partial charge in [0.2, 0.25) is 5.91 Å². The predicted molar refractivity (Wildman–Crippen MR) is 127 cm³/mol. The summed E-state index contributed by atoms with van der Waals surface area (Å²) in [5.74, 6) is -1.63. The van der Waals surface area contributed by atoms with Crippen LogP contribution < -0.4 is 5.73 Å². The van der Waals surface area contributed by atoms with E-state index in [1.807, 2.05) is 30.3 Å². The predicted octanol–water partition coefficient (Wildman–Crippen LogP) is 3.22. The molecule has 1 amide bonds. The summed E-state index contributed by atoms with van der Waals surface area (Å²) in [6.45, 7) is 2.90. The fourth-order valence-electron chi connectivity index (χ4n) is 4.19. The van der Waals surface area contributed by atoms with Crippen LogP contribution in [0.2, 0.25) is 0 Å². The smallest absolute Gasteiger partial charge is 0.291 e. The monoisotopic (exact) mass is 483 g/mol. The maximum atomic E-state index is 13.0. The normalized spacial score (nSPS) is 15.0. The highest BCUT2D eigenvalue weighted by molar-refractivity contribution is 7.99. The summed E-state index contributed by atoms with van der Waals surface area (Å²) in [6, 6.07) is 14.8. The summed E-state index contributed by atoms with van der Waals surface area (Å²) in [4.78, 5) is 30.3. The van der Waals surface area contributed by atoms with Crippen LogP contribution in [0.1, 0.15) is 5.82 Å². The van der Waals surface area contributed by atoms with E-state index in [0.717, 1.165) is 10.9 Å². The number of piperazine rings is 1. The van der Waals surface area contributed by atoms with Crippen LogP contribution in [-0.4, -0.2) is 67.2 Å². The van der Waals surface area contributed by atoms with Crippen molar-refractivity contribution in [1.29, 1.82) is 0 Å². The number of fused-ring (bicyclic) bond motifs is 2. The number of nitrogen functional groups attached to an aromatic ring is 1. The molecule has 34 heavy (non-hydrogen) atoms. The first-order valence-electron chi connectivity index (χ1n) is 10.9. The molecule has 1 fully saturated rings. The average Bonchev–Trinajstić information content (AvgIpc) is 3.16. The largest absolute Gasteiger partial charge is 0.383 e. The number of imidazole rings is 1. The van der Waals surface area contributed by atoms with Gasteiger partial charge in [-0.2, -0.15) is 8.78 Å². The number of carbonyl (C=O) groups excluding carboxylic acids is 1. The third kappa shape index (κ3) is 4.66. The number of para-hydroxylation sites is 3. The molecule has 1 saturated heterocycles. The molecule has 4 aromatic rings. The number of rotatable bonds is 6. The number of hydrogen-bond acceptors (Lipinski definition) is 7. The number of alkyl halides is 2. The number of aromatic nitrogens is 4. The average molecular weight is 484 g/mol. The highest BCUT2D eigenvalue weighted by Gasteiger charge is 2.24. The van der Waals surface area contributed by atoms with Gasteiger partial charge in [0.25, 0.3) is 5.76 Å². The van der Waals surface area contributed by atoms with E-state index in [2.05, 4.69) is 19.9 Å². The lowest BCUT2D eigenvalue weighted by atomic mass is 10.2. The van der Waals surface area contributed by atoms with Crippen LogP contribution in [0.4, 0.5) is 14.6 Å². The van der Waals surface area contributed by atoms with Crippen LogP contribution in [0.15, 0.2) is 53.7 Å². The minimum absolute atomic E-state index is 0.0279. The van der Waals surface area contributed by atoms with Crippen molar-refractivity contribution in [2.24, 2.45) is 0 Å². The Morgan fingerprint density at radius 3 is 2.44 bits per heavy atom. The highest BCUT2D eigenvalue weighted by Crippen LogP contribution is 2.28. The molecule has 0 saturated carbocycles. The SMILES string of the molecule is Nc1nc(CN2CCN(C(=O)Cn3c(SC(F)F)nc4ccccc43)CC2)nc2ccccc12. The number of nitrogens with two attached hydrogens (primary N) is 1. The molecule has 176 valence electrons. The maximum Gasteiger partial charge on any atom is 0.291 e. The minimum Gasteiger partial charge on any atom is -0.383 e. The van der Waals surface area contributed by atoms with Crippen molar-refractivity contribution in [2.75, 3.05) is 31.9 Å². The standard InChI is InChI=1S/C23H23F2N7OS/c24-22(25)34-23-28-17-7-3-4-8-18(17)32(23)14-20(33)31-11-9-30(10-12-31)13-19-27-16-6-2-1-5-15(16)21(26)29-19/h1-8,22H,9-14H2,(H2,26,27,29). The van der Waals surface area contributed by atoms with E-state index >= 15 is 0 Å². The number of nitrogens with zero attached hydrogens (tertiary/aromatic N) is 6. The lowest BCUT2D eigenvalue weighted by Gasteiger charge is -2.34. The van der Waals surface area contributed by atoms with Gasteiger partial charge in [0.1, 0.15) is 18.2 Å². The minimum atomic E-state index is -2.61. The van der Waals surface area contributed by atoms with Gasteiger partial charge in [0, 0.05) is 31.6 Å². The molecule has 2 aromatic carbocycles. The zero-order valence-corrected chi connectivity index (χ0v) is 19.1. The van der Waals surface area contributed by atoms with E-state index in [9.17, 15) is 13.6 Å². The van der Waals surface area contributed by atoms with Crippen LogP contribution in [0.3, 0.4) is 0 Å². The second kappa shape index (κ2) is 9.51. The van der Waals surface area contributed by atoms with Gasteiger partial charge >= 0.3 is 0 Å². The first-order valence-corrected chi connectivity index (χ1v) is 11.8. The van der Waals surface area contributed by atoms with Crippen molar-refractivity contribution in [3.63, 3.8) is 0 Å². The Morgan fingerprint density at radius 2 is 1.68 bits per heavy atom. The molecule has 1 aliphatic rings. The zero-order valence-electron chi connectivity index (χ0n) is 18.3. The zero-order chi connectivity index (χ0) is 23.7. The number of carbonyl (C=O) groups is 1. The molecule has 0 spiro atoms. The first-order chi connectivity index (χ1) is 16.5. The van der Waals surface area contributed by atoms with E-state index in [1.165, 1.54) is 0 Å². The van der Waals surface area contributed by atoms with Gasteiger partial charge < -0.3 is 15.2 Å². The molecule has 11 heteroatoms. The van der Waals surface area contributed by atoms with Crippen molar-refractivity contribution in [2.45, 2.75) is 24.0 Å². The Hall–Kier alpha value is -3.31. The molecular weight excluding hydrogens is 460 g/mol. The molecule has 1 aliphatic heterocycles. The Balaban J connectivity index is 1.24. The summed E-state index contributed by atoms with van der Waals surface area (Å²) in [5, 5.41) is 0.979. The number of hydrogen-bond donors (Lipinski definition) is 1. The molecular formula is C23H23F2N7OS. The van der Waals surface area contributed by atoms with Gasteiger partial charge in [0.15, 0.2) is 5.16 Å². The Kier molecular flexibility index (Phi) is 6.29. The molecule has 0 bridgehead atoms. The van der Waals surface area contributed by atoms with Gasteiger partial charge in [-0.05, 0) is 36.0 Å². The van der Waals surface area contributed by atoms with Crippen molar-refractivity contribution in [3.8, 4) is 0 Å². The fourth-order valence-corrected chi connectivity index (χ4v) is 4.79. The molecule has 0 radical (unpaired) electrons. The second-order valence-corrected chi connectivity index (χ2v) is 9.00. The number of amides is 1. The third-order valence-corrected chi connectivity index (χ3v) is 6.58. The summed E-state index contributed by atoms with van der Waals surface area (Å²) in [5.41, 5.74) is 8.17. The molecule has 3 heterocycles. The van der Waals surface area contributed by atoms with Crippen molar-refractivity contribution in [1.82, 2.24) is 29.3 Å². The molecule has 8 nitrogen and oxygen atoms in total. The van der Waals surface area contributed by atoms with Crippen LogP contribution in [0.5, 0.6) is 0 Å². The maximum absolute atomic E-state index is 13.0. The van der Waals surface area contributed by atoms with Crippen LogP contribution in [0.25, 0.3) is 21.9 Å². The topological polar surface area (TPSA) is 93.2 Å². The second-order valence-electron chi connectivity index (χ2n) is 8.05. The van der Waals surface area contributed by atoms with Crippen molar-refractivity contribution in [3.05, 3.63) is 54.4 Å². The summed E-state index contributed by atoms with van der Waals surface area (Å²) in [6.07, 6.45) is 0. The first kappa shape index (κ1) is 22.5. The molecule has 5 rings (SSSR count). The van der Waals surface area contributed by atoms with Crippen LogP contribution in [-0.2, 0) is 17.9 Å². The summed E-state index contributed by atoms with van der Waals surface area (Å²) >= 11 is 0.358. The molecule has 0 aliphatic carbocycles. The summed E-state index contributed by atoms with van der Waals surface area (Å²) < 4.78 is 27.7. The number of halogens is 2. The Labute approximate surface area is 198 Å². The van der Waals surface area contributed by atoms with Gasteiger partial charge in [-0.25, -0.2) is 15.0 Å². The van der Waals surface area contributed by atoms with Crippen molar-refractivity contribution >= 4 is 45.4 Å². The van der Waals surface area contributed by atoms with Gasteiger partial charge in [0.05, 0.1) is 23.1 Å². The summed E-state index contributed by atoms with van der Waals surface area (Å²) in [7, 11) is 0. The van der Waals surface area contributed by atoms with Crippen LogP contribution in [0, 0.1) is 0 Å². The van der Waals surface area contributed by atoms with Crippen molar-refractivity contribution < 1.29 is 13.6 Å². The Morgan fingerprint density at radius 1 is 0.971 bits per heavy atom. The highest BCUT2D eigenvalue weighted by atomic mass is 32.2. The lowest BCUT2D eigenvalue weighted by Crippen LogP contribution is -2.49. The fraction of sp³-hybridized carbons (Fsp3) is 0.304. The molecule has 2 aromatic heterocycles. The van der Waals surface area contributed by atoms with Gasteiger partial charge in [-0.3, -0.25) is 9.69 Å². The van der Waals surface area contributed by atoms with E-state index in [1.54, 1.807) is 27.7 Å². The molecule has 0 atom stereocenters. The number of benzene rings is 2. The lowest BCUT2D eigenvalue weighted by molar-refractivity contribution is -0.133. The van der Waals surface area contributed by atoms with Crippen LogP contribution >= 0.6 is 11.8 Å². The van der Waals surface area contributed by atoms with E-state index in [4.69, 9.17) is 5.73 Å². The van der Waals surface area contributed by atoms with E-state index in [-0.39, 0.29) is 17.6 Å². The van der Waals surface area contributed by atoms with Gasteiger partial charge in [-0.15, -0.1) is 0 Å².